The second kappa shape index (κ2) is 6.13. The second-order valence-corrected chi connectivity index (χ2v) is 6.45. The fraction of sp³-hybridized carbons (Fsp3) is 0.353. The van der Waals surface area contributed by atoms with Crippen molar-refractivity contribution < 1.29 is 4.79 Å². The third-order valence-electron chi connectivity index (χ3n) is 3.23. The average Bonchev–Trinajstić information content (AvgIpc) is 2.43. The topological polar surface area (TPSA) is 66.9 Å². The molecule has 0 aliphatic heterocycles. The standard InChI is InChI=1S/C17H22N4O/c1-11-6-7-13(12(2)10-11)18-14-8-9-15(21-20-14)19-16(22)17(3,4)5/h6-10H,1-5H3,(H,18,20)(H,19,21,22). The minimum absolute atomic E-state index is 0.0862. The lowest BCUT2D eigenvalue weighted by Gasteiger charge is -2.17. The van der Waals surface area contributed by atoms with E-state index in [1.807, 2.05) is 39.8 Å². The molecule has 0 radical (unpaired) electrons. The Morgan fingerprint density at radius 2 is 1.64 bits per heavy atom. The smallest absolute Gasteiger partial charge is 0.230 e. The minimum Gasteiger partial charge on any atom is -0.339 e. The van der Waals surface area contributed by atoms with Crippen molar-refractivity contribution in [3.8, 4) is 0 Å². The van der Waals surface area contributed by atoms with E-state index in [-0.39, 0.29) is 5.91 Å². The van der Waals surface area contributed by atoms with Crippen LogP contribution in [0.4, 0.5) is 17.3 Å². The number of carbonyl (C=O) groups is 1. The van der Waals surface area contributed by atoms with Gasteiger partial charge in [-0.05, 0) is 37.6 Å². The van der Waals surface area contributed by atoms with Gasteiger partial charge in [-0.1, -0.05) is 38.5 Å². The molecule has 0 fully saturated rings. The highest BCUT2D eigenvalue weighted by Crippen LogP contribution is 2.21. The number of hydrogen-bond donors (Lipinski definition) is 2. The lowest BCUT2D eigenvalue weighted by atomic mass is 9.96. The Bertz CT molecular complexity index is 672. The Morgan fingerprint density at radius 3 is 2.18 bits per heavy atom. The molecular formula is C17H22N4O. The predicted molar refractivity (Wildman–Crippen MR) is 89.3 cm³/mol. The van der Waals surface area contributed by atoms with Gasteiger partial charge < -0.3 is 10.6 Å². The largest absolute Gasteiger partial charge is 0.339 e. The van der Waals surface area contributed by atoms with Crippen LogP contribution in [-0.2, 0) is 4.79 Å². The summed E-state index contributed by atoms with van der Waals surface area (Å²) in [6.07, 6.45) is 0. The summed E-state index contributed by atoms with van der Waals surface area (Å²) in [5, 5.41) is 14.1. The van der Waals surface area contributed by atoms with Crippen LogP contribution in [0, 0.1) is 19.3 Å². The van der Waals surface area contributed by atoms with Gasteiger partial charge in [-0.15, -0.1) is 10.2 Å². The number of rotatable bonds is 3. The van der Waals surface area contributed by atoms with E-state index in [9.17, 15) is 4.79 Å². The van der Waals surface area contributed by atoms with Crippen LogP contribution in [0.15, 0.2) is 30.3 Å². The van der Waals surface area contributed by atoms with Gasteiger partial charge in [0.15, 0.2) is 11.6 Å². The molecule has 1 amide bonds. The Labute approximate surface area is 131 Å². The van der Waals surface area contributed by atoms with Gasteiger partial charge in [0.1, 0.15) is 0 Å². The third kappa shape index (κ3) is 4.04. The number of amides is 1. The van der Waals surface area contributed by atoms with Crippen molar-refractivity contribution in [1.29, 1.82) is 0 Å². The molecule has 5 heteroatoms. The van der Waals surface area contributed by atoms with Gasteiger partial charge in [-0.25, -0.2) is 0 Å². The van der Waals surface area contributed by atoms with E-state index in [0.717, 1.165) is 11.3 Å². The summed E-state index contributed by atoms with van der Waals surface area (Å²) in [6.45, 7) is 9.66. The van der Waals surface area contributed by atoms with Crippen molar-refractivity contribution in [2.24, 2.45) is 5.41 Å². The van der Waals surface area contributed by atoms with E-state index < -0.39 is 5.41 Å². The van der Waals surface area contributed by atoms with Gasteiger partial charge in [-0.2, -0.15) is 0 Å². The average molecular weight is 298 g/mol. The zero-order chi connectivity index (χ0) is 16.3. The number of hydrogen-bond acceptors (Lipinski definition) is 4. The highest BCUT2D eigenvalue weighted by Gasteiger charge is 2.21. The fourth-order valence-corrected chi connectivity index (χ4v) is 1.86. The van der Waals surface area contributed by atoms with Crippen molar-refractivity contribution >= 4 is 23.2 Å². The molecule has 0 atom stereocenters. The number of anilines is 3. The molecular weight excluding hydrogens is 276 g/mol. The molecule has 1 aromatic heterocycles. The Hall–Kier alpha value is -2.43. The summed E-state index contributed by atoms with van der Waals surface area (Å²) < 4.78 is 0. The summed E-state index contributed by atoms with van der Waals surface area (Å²) in [6, 6.07) is 9.70. The van der Waals surface area contributed by atoms with Crippen molar-refractivity contribution in [1.82, 2.24) is 10.2 Å². The van der Waals surface area contributed by atoms with Gasteiger partial charge in [0.2, 0.25) is 5.91 Å². The Morgan fingerprint density at radius 1 is 1.00 bits per heavy atom. The second-order valence-electron chi connectivity index (χ2n) is 6.45. The molecule has 1 aromatic carbocycles. The first-order chi connectivity index (χ1) is 10.3. The van der Waals surface area contributed by atoms with Crippen LogP contribution >= 0.6 is 0 Å². The number of aromatic nitrogens is 2. The fourth-order valence-electron chi connectivity index (χ4n) is 1.86. The molecule has 0 aliphatic carbocycles. The van der Waals surface area contributed by atoms with Crippen molar-refractivity contribution in [3.63, 3.8) is 0 Å². The molecule has 22 heavy (non-hydrogen) atoms. The van der Waals surface area contributed by atoms with Crippen LogP contribution in [0.3, 0.4) is 0 Å². The van der Waals surface area contributed by atoms with Crippen molar-refractivity contribution in [2.45, 2.75) is 34.6 Å². The summed E-state index contributed by atoms with van der Waals surface area (Å²) in [5.41, 5.74) is 2.89. The highest BCUT2D eigenvalue weighted by atomic mass is 16.2. The first-order valence-corrected chi connectivity index (χ1v) is 7.25. The number of benzene rings is 1. The molecule has 2 N–H and O–H groups in total. The first kappa shape index (κ1) is 15.9. The molecule has 1 heterocycles. The summed E-state index contributed by atoms with van der Waals surface area (Å²) in [5.74, 6) is 1.00. The Kier molecular flexibility index (Phi) is 4.45. The Balaban J connectivity index is 2.07. The molecule has 2 rings (SSSR count). The quantitative estimate of drug-likeness (QED) is 0.904. The van der Waals surface area contributed by atoms with Gasteiger partial charge in [0, 0.05) is 11.1 Å². The lowest BCUT2D eigenvalue weighted by Crippen LogP contribution is -2.28. The van der Waals surface area contributed by atoms with Crippen LogP contribution < -0.4 is 10.6 Å². The molecule has 0 saturated heterocycles. The van der Waals surface area contributed by atoms with Gasteiger partial charge in [0.05, 0.1) is 0 Å². The van der Waals surface area contributed by atoms with Crippen LogP contribution in [0.5, 0.6) is 0 Å². The number of carbonyl (C=O) groups excluding carboxylic acids is 1. The molecule has 5 nitrogen and oxygen atoms in total. The SMILES string of the molecule is Cc1ccc(Nc2ccc(NC(=O)C(C)(C)C)nn2)c(C)c1. The maximum absolute atomic E-state index is 11.9. The minimum atomic E-state index is -0.461. The lowest BCUT2D eigenvalue weighted by molar-refractivity contribution is -0.123. The van der Waals surface area contributed by atoms with Gasteiger partial charge >= 0.3 is 0 Å². The third-order valence-corrected chi connectivity index (χ3v) is 3.23. The summed E-state index contributed by atoms with van der Waals surface area (Å²) in [4.78, 5) is 11.9. The molecule has 0 saturated carbocycles. The van der Waals surface area contributed by atoms with E-state index in [1.54, 1.807) is 12.1 Å². The van der Waals surface area contributed by atoms with E-state index in [1.165, 1.54) is 5.56 Å². The zero-order valence-corrected chi connectivity index (χ0v) is 13.7. The van der Waals surface area contributed by atoms with Crippen LogP contribution in [0.2, 0.25) is 0 Å². The summed E-state index contributed by atoms with van der Waals surface area (Å²) >= 11 is 0. The molecule has 0 bridgehead atoms. The number of nitrogens with one attached hydrogen (secondary N) is 2. The maximum atomic E-state index is 11.9. The monoisotopic (exact) mass is 298 g/mol. The molecule has 2 aromatic rings. The summed E-state index contributed by atoms with van der Waals surface area (Å²) in [7, 11) is 0. The van der Waals surface area contributed by atoms with Crippen LogP contribution in [-0.4, -0.2) is 16.1 Å². The van der Waals surface area contributed by atoms with Crippen LogP contribution in [0.1, 0.15) is 31.9 Å². The zero-order valence-electron chi connectivity index (χ0n) is 13.7. The van der Waals surface area contributed by atoms with Crippen molar-refractivity contribution in [2.75, 3.05) is 10.6 Å². The van der Waals surface area contributed by atoms with Gasteiger partial charge in [-0.3, -0.25) is 4.79 Å². The first-order valence-electron chi connectivity index (χ1n) is 7.25. The normalized spacial score (nSPS) is 11.1. The van der Waals surface area contributed by atoms with Crippen LogP contribution in [0.25, 0.3) is 0 Å². The number of aryl methyl sites for hydroxylation is 2. The number of nitrogens with zero attached hydrogens (tertiary/aromatic N) is 2. The van der Waals surface area contributed by atoms with E-state index in [2.05, 4.69) is 33.8 Å². The maximum Gasteiger partial charge on any atom is 0.230 e. The molecule has 0 spiro atoms. The molecule has 0 aliphatic rings. The highest BCUT2D eigenvalue weighted by molar-refractivity contribution is 5.93. The van der Waals surface area contributed by atoms with E-state index in [0.29, 0.717) is 11.6 Å². The van der Waals surface area contributed by atoms with Gasteiger partial charge in [0.25, 0.3) is 0 Å². The molecule has 116 valence electrons. The molecule has 0 unspecified atom stereocenters. The predicted octanol–water partition coefficient (Wildman–Crippen LogP) is 3.82. The van der Waals surface area contributed by atoms with E-state index >= 15 is 0 Å². The van der Waals surface area contributed by atoms with E-state index in [4.69, 9.17) is 0 Å². The van der Waals surface area contributed by atoms with Crippen molar-refractivity contribution in [3.05, 3.63) is 41.5 Å².